The van der Waals surface area contributed by atoms with Crippen molar-refractivity contribution in [2.45, 2.75) is 45.6 Å². The minimum Gasteiger partial charge on any atom is -0.356 e. The lowest BCUT2D eigenvalue weighted by molar-refractivity contribution is -0.129. The quantitative estimate of drug-likeness (QED) is 0.293. The lowest BCUT2D eigenvalue weighted by Crippen LogP contribution is -2.45. The summed E-state index contributed by atoms with van der Waals surface area (Å²) in [4.78, 5) is 22.4. The second-order valence-electron chi connectivity index (χ2n) is 5.81. The summed E-state index contributed by atoms with van der Waals surface area (Å²) in [5.74, 6) is 1.05. The molecule has 2 N–H and O–H groups in total. The van der Waals surface area contributed by atoms with Crippen molar-refractivity contribution in [3.63, 3.8) is 0 Å². The van der Waals surface area contributed by atoms with E-state index in [1.54, 1.807) is 18.4 Å². The zero-order chi connectivity index (χ0) is 16.7. The number of rotatable bonds is 6. The molecule has 2 rings (SSSR count). The number of aryl methyl sites for hydroxylation is 2. The maximum absolute atomic E-state index is 11.7. The summed E-state index contributed by atoms with van der Waals surface area (Å²) in [5.41, 5.74) is 1.10. The Morgan fingerprint density at radius 3 is 2.96 bits per heavy atom. The molecule has 0 radical (unpaired) electrons. The second kappa shape index (κ2) is 10.9. The SMILES string of the molecule is CCC(=O)N1CCC(NC(=NC)NCCCc2nc(C)cs2)C1.I. The molecule has 1 aliphatic heterocycles. The van der Waals surface area contributed by atoms with Crippen LogP contribution in [0.1, 0.15) is 36.9 Å². The van der Waals surface area contributed by atoms with E-state index in [9.17, 15) is 4.79 Å². The number of hydrogen-bond acceptors (Lipinski definition) is 4. The number of guanidine groups is 1. The third-order valence-electron chi connectivity index (χ3n) is 3.93. The summed E-state index contributed by atoms with van der Waals surface area (Å²) in [7, 11) is 1.78. The zero-order valence-corrected chi connectivity index (χ0v) is 17.8. The number of carbonyl (C=O) groups is 1. The molecule has 1 atom stereocenters. The monoisotopic (exact) mass is 465 g/mol. The largest absolute Gasteiger partial charge is 0.356 e. The van der Waals surface area contributed by atoms with E-state index in [2.05, 4.69) is 26.0 Å². The third kappa shape index (κ3) is 6.54. The average molecular weight is 465 g/mol. The van der Waals surface area contributed by atoms with Gasteiger partial charge in [0.1, 0.15) is 0 Å². The fourth-order valence-corrected chi connectivity index (χ4v) is 3.50. The van der Waals surface area contributed by atoms with E-state index in [-0.39, 0.29) is 29.9 Å². The summed E-state index contributed by atoms with van der Waals surface area (Å²) in [6.07, 6.45) is 3.57. The van der Waals surface area contributed by atoms with Crippen LogP contribution in [0.5, 0.6) is 0 Å². The van der Waals surface area contributed by atoms with Gasteiger partial charge in [0.2, 0.25) is 5.91 Å². The first-order chi connectivity index (χ1) is 11.1. The van der Waals surface area contributed by atoms with Crippen molar-refractivity contribution in [3.8, 4) is 0 Å². The van der Waals surface area contributed by atoms with Gasteiger partial charge in [0, 0.05) is 56.6 Å². The van der Waals surface area contributed by atoms with Crippen molar-refractivity contribution in [2.75, 3.05) is 26.7 Å². The van der Waals surface area contributed by atoms with Gasteiger partial charge in [-0.2, -0.15) is 0 Å². The number of halogens is 1. The molecule has 1 aromatic rings. The van der Waals surface area contributed by atoms with E-state index >= 15 is 0 Å². The van der Waals surface area contributed by atoms with E-state index < -0.39 is 0 Å². The Morgan fingerprint density at radius 2 is 2.33 bits per heavy atom. The predicted octanol–water partition coefficient (Wildman–Crippen LogP) is 2.18. The molecule has 6 nitrogen and oxygen atoms in total. The molecule has 1 aliphatic rings. The molecule has 1 aromatic heterocycles. The Kier molecular flexibility index (Phi) is 9.57. The highest BCUT2D eigenvalue weighted by Gasteiger charge is 2.25. The molecule has 0 spiro atoms. The Balaban J connectivity index is 0.00000288. The molecule has 1 fully saturated rings. The van der Waals surface area contributed by atoms with Crippen LogP contribution in [0.4, 0.5) is 0 Å². The topological polar surface area (TPSA) is 69.6 Å². The van der Waals surface area contributed by atoms with E-state index in [4.69, 9.17) is 0 Å². The third-order valence-corrected chi connectivity index (χ3v) is 4.96. The van der Waals surface area contributed by atoms with Gasteiger partial charge in [-0.3, -0.25) is 9.79 Å². The molecule has 1 unspecified atom stereocenters. The first-order valence-electron chi connectivity index (χ1n) is 8.28. The van der Waals surface area contributed by atoms with E-state index in [1.807, 2.05) is 18.7 Å². The molecule has 8 heteroatoms. The number of aliphatic imine (C=N–C) groups is 1. The maximum atomic E-state index is 11.7. The first-order valence-corrected chi connectivity index (χ1v) is 9.16. The van der Waals surface area contributed by atoms with Gasteiger partial charge in [0.05, 0.1) is 5.01 Å². The van der Waals surface area contributed by atoms with Gasteiger partial charge in [-0.1, -0.05) is 6.92 Å². The predicted molar refractivity (Wildman–Crippen MR) is 110 cm³/mol. The number of carbonyl (C=O) groups excluding carboxylic acids is 1. The molecule has 0 aliphatic carbocycles. The molecule has 1 saturated heterocycles. The van der Waals surface area contributed by atoms with Crippen LogP contribution < -0.4 is 10.6 Å². The molecule has 0 saturated carbocycles. The summed E-state index contributed by atoms with van der Waals surface area (Å²) >= 11 is 1.72. The van der Waals surface area contributed by atoms with Gasteiger partial charge < -0.3 is 15.5 Å². The lowest BCUT2D eigenvalue weighted by atomic mass is 10.3. The highest BCUT2D eigenvalue weighted by Crippen LogP contribution is 2.11. The zero-order valence-electron chi connectivity index (χ0n) is 14.7. The number of thiazole rings is 1. The smallest absolute Gasteiger partial charge is 0.222 e. The van der Waals surface area contributed by atoms with Gasteiger partial charge in [-0.15, -0.1) is 35.3 Å². The van der Waals surface area contributed by atoms with Gasteiger partial charge in [-0.25, -0.2) is 4.98 Å². The Morgan fingerprint density at radius 1 is 1.54 bits per heavy atom. The fraction of sp³-hybridized carbons (Fsp3) is 0.688. The molecule has 136 valence electrons. The minimum atomic E-state index is 0. The number of amides is 1. The minimum absolute atomic E-state index is 0. The number of aromatic nitrogens is 1. The van der Waals surface area contributed by atoms with Gasteiger partial charge in [0.25, 0.3) is 0 Å². The van der Waals surface area contributed by atoms with Crippen LogP contribution in [-0.2, 0) is 11.2 Å². The van der Waals surface area contributed by atoms with Gasteiger partial charge in [-0.05, 0) is 19.8 Å². The van der Waals surface area contributed by atoms with Crippen molar-refractivity contribution >= 4 is 47.2 Å². The van der Waals surface area contributed by atoms with Crippen molar-refractivity contribution in [1.82, 2.24) is 20.5 Å². The normalized spacial score (nSPS) is 17.5. The summed E-state index contributed by atoms with van der Waals surface area (Å²) in [5, 5.41) is 10.0. The highest BCUT2D eigenvalue weighted by molar-refractivity contribution is 14.0. The van der Waals surface area contributed by atoms with Crippen molar-refractivity contribution in [1.29, 1.82) is 0 Å². The number of likely N-dealkylation sites (tertiary alicyclic amines) is 1. The van der Waals surface area contributed by atoms with E-state index in [0.29, 0.717) is 12.5 Å². The van der Waals surface area contributed by atoms with Crippen LogP contribution in [0.3, 0.4) is 0 Å². The molecular weight excluding hydrogens is 437 g/mol. The maximum Gasteiger partial charge on any atom is 0.222 e. The van der Waals surface area contributed by atoms with Crippen LogP contribution in [0.15, 0.2) is 10.4 Å². The lowest BCUT2D eigenvalue weighted by Gasteiger charge is -2.18. The number of hydrogen-bond donors (Lipinski definition) is 2. The fourth-order valence-electron chi connectivity index (χ4n) is 2.68. The number of nitrogens with zero attached hydrogens (tertiary/aromatic N) is 3. The molecule has 0 bridgehead atoms. The van der Waals surface area contributed by atoms with Crippen LogP contribution in [0, 0.1) is 6.92 Å². The Hall–Kier alpha value is -0.900. The second-order valence-corrected chi connectivity index (χ2v) is 6.75. The Labute approximate surface area is 165 Å². The standard InChI is InChI=1S/C16H27N5OS.HI/c1-4-15(22)21-9-7-13(10-21)20-16(17-3)18-8-5-6-14-19-12(2)11-23-14;/h11,13H,4-10H2,1-3H3,(H2,17,18,20);1H. The molecule has 1 amide bonds. The van der Waals surface area contributed by atoms with E-state index in [0.717, 1.165) is 50.6 Å². The van der Waals surface area contributed by atoms with Crippen LogP contribution in [-0.4, -0.2) is 54.5 Å². The van der Waals surface area contributed by atoms with E-state index in [1.165, 1.54) is 5.01 Å². The Bertz CT molecular complexity index is 548. The molecule has 24 heavy (non-hydrogen) atoms. The molecule has 0 aromatic carbocycles. The van der Waals surface area contributed by atoms with Crippen LogP contribution in [0.25, 0.3) is 0 Å². The highest BCUT2D eigenvalue weighted by atomic mass is 127. The average Bonchev–Trinajstić information content (AvgIpc) is 3.18. The van der Waals surface area contributed by atoms with Crippen molar-refractivity contribution in [3.05, 3.63) is 16.1 Å². The van der Waals surface area contributed by atoms with Gasteiger partial charge >= 0.3 is 0 Å². The summed E-state index contributed by atoms with van der Waals surface area (Å²) in [6.45, 7) is 6.41. The van der Waals surface area contributed by atoms with Crippen molar-refractivity contribution < 1.29 is 4.79 Å². The van der Waals surface area contributed by atoms with Crippen molar-refractivity contribution in [2.24, 2.45) is 4.99 Å². The molecular formula is C16H28IN5OS. The number of nitrogens with one attached hydrogen (secondary N) is 2. The van der Waals surface area contributed by atoms with Crippen LogP contribution >= 0.6 is 35.3 Å². The molecule has 2 heterocycles. The summed E-state index contributed by atoms with van der Waals surface area (Å²) < 4.78 is 0. The first kappa shape index (κ1) is 21.1. The van der Waals surface area contributed by atoms with Crippen LogP contribution in [0.2, 0.25) is 0 Å². The summed E-state index contributed by atoms with van der Waals surface area (Å²) in [6, 6.07) is 0.290. The van der Waals surface area contributed by atoms with Gasteiger partial charge in [0.15, 0.2) is 5.96 Å².